The molecule has 2 N–H and O–H groups in total. The van der Waals surface area contributed by atoms with Gasteiger partial charge in [0.05, 0.1) is 11.4 Å². The zero-order valence-electron chi connectivity index (χ0n) is 19.5. The van der Waals surface area contributed by atoms with Gasteiger partial charge in [-0.3, -0.25) is 0 Å². The molecular formula is C23H32N2O6P2. The highest BCUT2D eigenvalue weighted by Gasteiger charge is 2.42. The molecule has 4 rings (SSSR count). The van der Waals surface area contributed by atoms with Crippen molar-refractivity contribution < 1.29 is 27.9 Å². The van der Waals surface area contributed by atoms with E-state index >= 15 is 0 Å². The van der Waals surface area contributed by atoms with Crippen molar-refractivity contribution in [3.63, 3.8) is 0 Å². The lowest BCUT2D eigenvalue weighted by molar-refractivity contribution is -0.231. The first-order valence-corrected chi connectivity index (χ1v) is 14.0. The average molecular weight is 494 g/mol. The number of hydrogen-bond acceptors (Lipinski definition) is 8. The molecule has 33 heavy (non-hydrogen) atoms. The first-order chi connectivity index (χ1) is 15.4. The zero-order chi connectivity index (χ0) is 23.7. The van der Waals surface area contributed by atoms with Crippen molar-refractivity contribution >= 4 is 27.6 Å². The Kier molecular flexibility index (Phi) is 7.03. The molecule has 180 valence electrons. The van der Waals surface area contributed by atoms with Crippen LogP contribution in [0.5, 0.6) is 0 Å². The summed E-state index contributed by atoms with van der Waals surface area (Å²) < 4.78 is 21.9. The number of hydrogen-bond donors (Lipinski definition) is 2. The minimum absolute atomic E-state index is 0.145. The Hall–Kier alpha value is -1.34. The lowest BCUT2D eigenvalue weighted by Gasteiger charge is -2.37. The Morgan fingerprint density at radius 3 is 1.24 bits per heavy atom. The molecule has 0 bridgehead atoms. The summed E-state index contributed by atoms with van der Waals surface area (Å²) in [6.45, 7) is 9.55. The van der Waals surface area contributed by atoms with E-state index in [4.69, 9.17) is 18.1 Å². The summed E-state index contributed by atoms with van der Waals surface area (Å²) in [4.78, 5) is 25.4. The Morgan fingerprint density at radius 1 is 0.636 bits per heavy atom. The Morgan fingerprint density at radius 2 is 0.939 bits per heavy atom. The summed E-state index contributed by atoms with van der Waals surface area (Å²) in [6, 6.07) is 15.3. The second-order valence-corrected chi connectivity index (χ2v) is 13.7. The maximum atomic E-state index is 12.7. The van der Waals surface area contributed by atoms with Crippen LogP contribution in [0.4, 0.5) is 11.4 Å². The quantitative estimate of drug-likeness (QED) is 0.572. The maximum absolute atomic E-state index is 12.7. The lowest BCUT2D eigenvalue weighted by atomic mass is 9.97. The van der Waals surface area contributed by atoms with Crippen LogP contribution >= 0.6 is 16.2 Å². The van der Waals surface area contributed by atoms with Crippen molar-refractivity contribution in [3.05, 3.63) is 59.7 Å². The summed E-state index contributed by atoms with van der Waals surface area (Å²) >= 11 is 0. The third-order valence-electron chi connectivity index (χ3n) is 5.35. The molecule has 2 heterocycles. The lowest BCUT2D eigenvalue weighted by Crippen LogP contribution is -2.37. The van der Waals surface area contributed by atoms with Gasteiger partial charge in [-0.15, -0.1) is 0 Å². The SMILES string of the molecule is CC1(C)CO[P+]([O-])(Nc2ccc(Cc3ccc(N[P+]4([O-])OCC(C)(C)CO4)cc3)cc2)OC1. The third-order valence-corrected chi connectivity index (χ3v) is 8.29. The van der Waals surface area contributed by atoms with Gasteiger partial charge in [-0.1, -0.05) is 52.0 Å². The van der Waals surface area contributed by atoms with E-state index in [1.807, 2.05) is 76.2 Å². The van der Waals surface area contributed by atoms with Crippen LogP contribution in [0.2, 0.25) is 0 Å². The van der Waals surface area contributed by atoms with Crippen molar-refractivity contribution in [1.82, 2.24) is 0 Å². The van der Waals surface area contributed by atoms with Gasteiger partial charge >= 0.3 is 16.2 Å². The summed E-state index contributed by atoms with van der Waals surface area (Å²) in [5.41, 5.74) is 3.27. The van der Waals surface area contributed by atoms with E-state index < -0.39 is 16.2 Å². The minimum atomic E-state index is -3.33. The van der Waals surface area contributed by atoms with Gasteiger partial charge in [0, 0.05) is 10.8 Å². The van der Waals surface area contributed by atoms with Crippen LogP contribution in [0.25, 0.3) is 0 Å². The van der Waals surface area contributed by atoms with Crippen LogP contribution in [-0.4, -0.2) is 26.4 Å². The fourth-order valence-electron chi connectivity index (χ4n) is 3.27. The van der Waals surface area contributed by atoms with Gasteiger partial charge < -0.3 is 9.79 Å². The molecule has 0 spiro atoms. The van der Waals surface area contributed by atoms with E-state index in [9.17, 15) is 9.79 Å². The summed E-state index contributed by atoms with van der Waals surface area (Å²) in [5, 5.41) is 5.79. The zero-order valence-corrected chi connectivity index (χ0v) is 21.3. The van der Waals surface area contributed by atoms with Crippen LogP contribution in [0, 0.1) is 10.8 Å². The fraction of sp³-hybridized carbons (Fsp3) is 0.478. The number of benzene rings is 2. The molecule has 8 nitrogen and oxygen atoms in total. The van der Waals surface area contributed by atoms with Crippen molar-refractivity contribution in [2.75, 3.05) is 36.6 Å². The largest absolute Gasteiger partial charge is 0.612 e. The molecule has 0 atom stereocenters. The molecule has 2 aliphatic heterocycles. The Labute approximate surface area is 196 Å². The van der Waals surface area contributed by atoms with Crippen LogP contribution in [0.15, 0.2) is 48.5 Å². The second kappa shape index (κ2) is 9.37. The predicted octanol–water partition coefficient (Wildman–Crippen LogP) is 4.32. The van der Waals surface area contributed by atoms with Gasteiger partial charge in [-0.05, 0) is 41.8 Å². The predicted molar refractivity (Wildman–Crippen MR) is 128 cm³/mol. The van der Waals surface area contributed by atoms with E-state index in [2.05, 4.69) is 10.2 Å². The average Bonchev–Trinajstić information content (AvgIpc) is 2.76. The van der Waals surface area contributed by atoms with Crippen molar-refractivity contribution in [3.8, 4) is 0 Å². The normalized spacial score (nSPS) is 23.0. The van der Waals surface area contributed by atoms with Crippen LogP contribution in [0.1, 0.15) is 38.8 Å². The Bertz CT molecular complexity index is 855. The summed E-state index contributed by atoms with van der Waals surface area (Å²) in [5.74, 6) is 0. The van der Waals surface area contributed by atoms with Crippen molar-refractivity contribution in [2.45, 2.75) is 34.1 Å². The molecule has 0 amide bonds. The number of rotatable bonds is 6. The molecule has 2 saturated heterocycles. The highest BCUT2D eigenvalue weighted by atomic mass is 31.2. The molecule has 0 aliphatic carbocycles. The van der Waals surface area contributed by atoms with Gasteiger partial charge in [0.15, 0.2) is 0 Å². The molecule has 0 radical (unpaired) electrons. The molecule has 0 aromatic heterocycles. The summed E-state index contributed by atoms with van der Waals surface area (Å²) in [7, 11) is -6.66. The molecule has 10 heteroatoms. The van der Waals surface area contributed by atoms with Crippen LogP contribution < -0.4 is 20.0 Å². The highest BCUT2D eigenvalue weighted by molar-refractivity contribution is 7.61. The van der Waals surface area contributed by atoms with Crippen LogP contribution in [-0.2, 0) is 24.5 Å². The van der Waals surface area contributed by atoms with Gasteiger partial charge in [0.25, 0.3) is 0 Å². The van der Waals surface area contributed by atoms with Gasteiger partial charge in [0.2, 0.25) is 0 Å². The van der Waals surface area contributed by atoms with Crippen molar-refractivity contribution in [1.29, 1.82) is 0 Å². The third kappa shape index (κ3) is 6.84. The number of anilines is 2. The molecule has 2 fully saturated rings. The smallest absolute Gasteiger partial charge is 0.335 e. The van der Waals surface area contributed by atoms with Gasteiger partial charge in [0.1, 0.15) is 26.4 Å². The maximum Gasteiger partial charge on any atom is 0.335 e. The first-order valence-electron chi connectivity index (χ1n) is 11.0. The summed E-state index contributed by atoms with van der Waals surface area (Å²) in [6.07, 6.45) is 0.720. The standard InChI is InChI=1S/C23H32N2O6P2/c1-22(2)14-28-32(26,29-15-22)24-20-9-5-18(6-10-20)13-19-7-11-21(12-8-19)25-33(27)30-16-23(3,4)17-31-33/h5-12H,13-17H2,1-4H3,(H,24,26)(H,25,27). The second-order valence-electron chi connectivity index (χ2n) is 10.2. The van der Waals surface area contributed by atoms with Crippen LogP contribution in [0.3, 0.4) is 0 Å². The highest BCUT2D eigenvalue weighted by Crippen LogP contribution is 2.57. The minimum Gasteiger partial charge on any atom is -0.612 e. The Balaban J connectivity index is 1.30. The van der Waals surface area contributed by atoms with Gasteiger partial charge in [-0.2, -0.15) is 18.1 Å². The van der Waals surface area contributed by atoms with E-state index in [0.29, 0.717) is 37.8 Å². The molecule has 0 unspecified atom stereocenters. The molecule has 0 saturated carbocycles. The van der Waals surface area contributed by atoms with E-state index in [0.717, 1.165) is 17.5 Å². The first kappa shape index (κ1) is 24.8. The van der Waals surface area contributed by atoms with E-state index in [1.54, 1.807) is 0 Å². The molecule has 2 aliphatic rings. The van der Waals surface area contributed by atoms with Crippen molar-refractivity contribution in [2.24, 2.45) is 10.8 Å². The monoisotopic (exact) mass is 494 g/mol. The number of nitrogens with one attached hydrogen (secondary N) is 2. The van der Waals surface area contributed by atoms with Gasteiger partial charge in [-0.25, -0.2) is 10.2 Å². The fourth-order valence-corrected chi connectivity index (χ4v) is 6.69. The van der Waals surface area contributed by atoms with E-state index in [-0.39, 0.29) is 10.8 Å². The molecule has 2 aromatic carbocycles. The van der Waals surface area contributed by atoms with E-state index in [1.165, 1.54) is 0 Å². The molecular weight excluding hydrogens is 462 g/mol. The molecule has 2 aromatic rings. The topological polar surface area (TPSA) is 107 Å².